The van der Waals surface area contributed by atoms with Gasteiger partial charge < -0.3 is 10.2 Å². The number of rotatable bonds is 6. The van der Waals surface area contributed by atoms with E-state index in [9.17, 15) is 13.2 Å². The smallest absolute Gasteiger partial charge is 0.241 e. The van der Waals surface area contributed by atoms with E-state index in [0.717, 1.165) is 6.26 Å². The summed E-state index contributed by atoms with van der Waals surface area (Å²) >= 11 is 0. The van der Waals surface area contributed by atoms with Gasteiger partial charge in [-0.05, 0) is 26.0 Å². The van der Waals surface area contributed by atoms with E-state index in [4.69, 9.17) is 0 Å². The Morgan fingerprint density at radius 1 is 1.37 bits per heavy atom. The van der Waals surface area contributed by atoms with Gasteiger partial charge in [-0.1, -0.05) is 0 Å². The largest absolute Gasteiger partial charge is 0.360 e. The maximum atomic E-state index is 11.8. The van der Waals surface area contributed by atoms with Gasteiger partial charge in [-0.25, -0.2) is 13.4 Å². The van der Waals surface area contributed by atoms with Crippen LogP contribution in [-0.2, 0) is 14.6 Å². The zero-order valence-corrected chi connectivity index (χ0v) is 12.2. The zero-order valence-electron chi connectivity index (χ0n) is 11.4. The molecule has 0 bridgehead atoms. The van der Waals surface area contributed by atoms with Crippen molar-refractivity contribution in [1.29, 1.82) is 0 Å². The fourth-order valence-electron chi connectivity index (χ4n) is 1.67. The van der Waals surface area contributed by atoms with Gasteiger partial charge in [0.15, 0.2) is 9.84 Å². The summed E-state index contributed by atoms with van der Waals surface area (Å²) in [6.07, 6.45) is 2.60. The fraction of sp³-hybridized carbons (Fsp3) is 0.500. The maximum Gasteiger partial charge on any atom is 0.241 e. The van der Waals surface area contributed by atoms with Crippen LogP contribution in [-0.4, -0.2) is 50.1 Å². The Labute approximate surface area is 113 Å². The molecule has 0 saturated heterocycles. The number of pyridine rings is 1. The van der Waals surface area contributed by atoms with Crippen LogP contribution < -0.4 is 5.32 Å². The van der Waals surface area contributed by atoms with Crippen molar-refractivity contribution in [2.75, 3.05) is 31.2 Å². The summed E-state index contributed by atoms with van der Waals surface area (Å²) in [7, 11) is -3.36. The van der Waals surface area contributed by atoms with Crippen LogP contribution in [0.5, 0.6) is 0 Å². The second-order valence-corrected chi connectivity index (χ2v) is 6.03. The van der Waals surface area contributed by atoms with Crippen LogP contribution in [0.15, 0.2) is 23.2 Å². The van der Waals surface area contributed by atoms with Gasteiger partial charge in [-0.2, -0.15) is 0 Å². The molecule has 19 heavy (non-hydrogen) atoms. The molecule has 0 aliphatic rings. The summed E-state index contributed by atoms with van der Waals surface area (Å²) in [6, 6.07) is 3.01. The first kappa shape index (κ1) is 15.4. The van der Waals surface area contributed by atoms with E-state index in [1.165, 1.54) is 12.3 Å². The normalized spacial score (nSPS) is 11.1. The van der Waals surface area contributed by atoms with E-state index in [0.29, 0.717) is 13.1 Å². The Kier molecular flexibility index (Phi) is 5.29. The van der Waals surface area contributed by atoms with Gasteiger partial charge in [0.1, 0.15) is 10.7 Å². The predicted molar refractivity (Wildman–Crippen MR) is 73.8 cm³/mol. The molecule has 1 N–H and O–H groups in total. The van der Waals surface area contributed by atoms with Crippen LogP contribution in [0.4, 0.5) is 5.82 Å². The summed E-state index contributed by atoms with van der Waals surface area (Å²) in [5, 5.41) is 2.79. The standard InChI is InChI=1S/C12H19N3O3S/c1-4-15(5-2)11(16)9-14-12-10(19(3,17)18)7-6-8-13-12/h6-8H,4-5,9H2,1-3H3,(H,13,14). The molecule has 1 amide bonds. The molecule has 0 radical (unpaired) electrons. The molecule has 1 aromatic heterocycles. The molecular weight excluding hydrogens is 266 g/mol. The summed E-state index contributed by atoms with van der Waals surface area (Å²) in [4.78, 5) is 17.6. The lowest BCUT2D eigenvalue weighted by molar-refractivity contribution is -0.128. The third kappa shape index (κ3) is 4.20. The molecule has 106 valence electrons. The van der Waals surface area contributed by atoms with Crippen molar-refractivity contribution in [3.63, 3.8) is 0 Å². The minimum Gasteiger partial charge on any atom is -0.360 e. The minimum absolute atomic E-state index is 0.0290. The number of carbonyl (C=O) groups excluding carboxylic acids is 1. The third-order valence-corrected chi connectivity index (χ3v) is 3.82. The first-order valence-corrected chi connectivity index (χ1v) is 7.96. The Balaban J connectivity index is 2.82. The number of nitrogens with zero attached hydrogens (tertiary/aromatic N) is 2. The number of sulfone groups is 1. The van der Waals surface area contributed by atoms with E-state index in [1.807, 2.05) is 13.8 Å². The van der Waals surface area contributed by atoms with Gasteiger partial charge in [0.2, 0.25) is 5.91 Å². The SMILES string of the molecule is CCN(CC)C(=O)CNc1ncccc1S(C)(=O)=O. The number of hydrogen-bond donors (Lipinski definition) is 1. The van der Waals surface area contributed by atoms with Crippen molar-refractivity contribution >= 4 is 21.6 Å². The molecule has 0 atom stereocenters. The molecular formula is C12H19N3O3S. The molecule has 0 aromatic carbocycles. The van der Waals surface area contributed by atoms with Crippen LogP contribution in [0.3, 0.4) is 0 Å². The van der Waals surface area contributed by atoms with Gasteiger partial charge >= 0.3 is 0 Å². The lowest BCUT2D eigenvalue weighted by atomic mass is 10.4. The maximum absolute atomic E-state index is 11.8. The Bertz CT molecular complexity index is 539. The number of nitrogens with one attached hydrogen (secondary N) is 1. The van der Waals surface area contributed by atoms with Crippen molar-refractivity contribution in [3.05, 3.63) is 18.3 Å². The zero-order chi connectivity index (χ0) is 14.5. The molecule has 6 nitrogen and oxygen atoms in total. The molecule has 0 aliphatic heterocycles. The van der Waals surface area contributed by atoms with Crippen LogP contribution in [0, 0.1) is 0 Å². The van der Waals surface area contributed by atoms with E-state index in [1.54, 1.807) is 11.0 Å². The Morgan fingerprint density at radius 2 is 2.00 bits per heavy atom. The molecule has 0 saturated carbocycles. The molecule has 1 heterocycles. The number of anilines is 1. The van der Waals surface area contributed by atoms with Crippen molar-refractivity contribution in [2.45, 2.75) is 18.7 Å². The highest BCUT2D eigenvalue weighted by Crippen LogP contribution is 2.17. The van der Waals surface area contributed by atoms with Crippen LogP contribution in [0.2, 0.25) is 0 Å². The lowest BCUT2D eigenvalue weighted by Gasteiger charge is -2.19. The average Bonchev–Trinajstić information content (AvgIpc) is 2.37. The lowest BCUT2D eigenvalue weighted by Crippen LogP contribution is -2.35. The van der Waals surface area contributed by atoms with Gasteiger partial charge in [0, 0.05) is 25.5 Å². The van der Waals surface area contributed by atoms with Crippen molar-refractivity contribution in [3.8, 4) is 0 Å². The van der Waals surface area contributed by atoms with Gasteiger partial charge in [-0.3, -0.25) is 4.79 Å². The second-order valence-electron chi connectivity index (χ2n) is 4.04. The highest BCUT2D eigenvalue weighted by atomic mass is 32.2. The highest BCUT2D eigenvalue weighted by Gasteiger charge is 2.15. The summed E-state index contributed by atoms with van der Waals surface area (Å²) in [6.45, 7) is 5.06. The Morgan fingerprint density at radius 3 is 2.53 bits per heavy atom. The molecule has 7 heteroatoms. The number of hydrogen-bond acceptors (Lipinski definition) is 5. The van der Waals surface area contributed by atoms with Crippen molar-refractivity contribution in [1.82, 2.24) is 9.88 Å². The van der Waals surface area contributed by atoms with E-state index in [2.05, 4.69) is 10.3 Å². The number of likely N-dealkylation sites (N-methyl/N-ethyl adjacent to an activating group) is 1. The predicted octanol–water partition coefficient (Wildman–Crippen LogP) is 0.765. The van der Waals surface area contributed by atoms with E-state index < -0.39 is 9.84 Å². The number of amides is 1. The Hall–Kier alpha value is -1.63. The number of aromatic nitrogens is 1. The highest BCUT2D eigenvalue weighted by molar-refractivity contribution is 7.90. The second kappa shape index (κ2) is 6.51. The minimum atomic E-state index is -3.36. The summed E-state index contributed by atoms with van der Waals surface area (Å²) in [5.41, 5.74) is 0. The summed E-state index contributed by atoms with van der Waals surface area (Å²) < 4.78 is 23.1. The number of carbonyl (C=O) groups is 1. The quantitative estimate of drug-likeness (QED) is 0.835. The van der Waals surface area contributed by atoms with Gasteiger partial charge in [0.05, 0.1) is 6.54 Å². The van der Waals surface area contributed by atoms with Crippen LogP contribution in [0.1, 0.15) is 13.8 Å². The third-order valence-electron chi connectivity index (χ3n) is 2.69. The van der Waals surface area contributed by atoms with Gasteiger partial charge in [0.25, 0.3) is 0 Å². The topological polar surface area (TPSA) is 79.4 Å². The first-order chi connectivity index (χ1) is 8.90. The fourth-order valence-corrected chi connectivity index (χ4v) is 2.47. The van der Waals surface area contributed by atoms with Crippen molar-refractivity contribution in [2.24, 2.45) is 0 Å². The molecule has 0 unspecified atom stereocenters. The van der Waals surface area contributed by atoms with Crippen LogP contribution in [0.25, 0.3) is 0 Å². The van der Waals surface area contributed by atoms with E-state index in [-0.39, 0.29) is 23.2 Å². The van der Waals surface area contributed by atoms with Crippen molar-refractivity contribution < 1.29 is 13.2 Å². The first-order valence-electron chi connectivity index (χ1n) is 6.06. The molecule has 1 rings (SSSR count). The average molecular weight is 285 g/mol. The molecule has 0 aliphatic carbocycles. The molecule has 1 aromatic rings. The van der Waals surface area contributed by atoms with Crippen LogP contribution >= 0.6 is 0 Å². The van der Waals surface area contributed by atoms with Gasteiger partial charge in [-0.15, -0.1) is 0 Å². The molecule has 0 fully saturated rings. The molecule has 0 spiro atoms. The van der Waals surface area contributed by atoms with E-state index >= 15 is 0 Å². The monoisotopic (exact) mass is 285 g/mol. The summed E-state index contributed by atoms with van der Waals surface area (Å²) in [5.74, 6) is 0.126.